The summed E-state index contributed by atoms with van der Waals surface area (Å²) < 4.78 is 32.0. The van der Waals surface area contributed by atoms with E-state index in [1.54, 1.807) is 0 Å². The molecule has 0 aromatic heterocycles. The van der Waals surface area contributed by atoms with E-state index in [-0.39, 0.29) is 5.75 Å². The van der Waals surface area contributed by atoms with Crippen molar-refractivity contribution >= 4 is 0 Å². The van der Waals surface area contributed by atoms with Gasteiger partial charge in [-0.15, -0.1) is 0 Å². The molecule has 4 heteroatoms. The monoisotopic (exact) mass is 212 g/mol. The maximum Gasteiger partial charge on any atom is 0.168 e. The highest BCUT2D eigenvalue weighted by molar-refractivity contribution is 5.45. The zero-order valence-electron chi connectivity index (χ0n) is 8.22. The molecule has 0 atom stereocenters. The fourth-order valence-corrected chi connectivity index (χ4v) is 1.82. The van der Waals surface area contributed by atoms with Crippen LogP contribution in [-0.4, -0.2) is 13.2 Å². The fourth-order valence-electron chi connectivity index (χ4n) is 1.82. The van der Waals surface area contributed by atoms with E-state index < -0.39 is 11.6 Å². The summed E-state index contributed by atoms with van der Waals surface area (Å²) in [7, 11) is 0. The molecule has 0 aliphatic carbocycles. The molecule has 0 spiro atoms. The molecule has 1 aliphatic heterocycles. The molecular formula is C11H12F2NO. The van der Waals surface area contributed by atoms with Crippen molar-refractivity contribution < 1.29 is 13.5 Å². The average Bonchev–Trinajstić information content (AvgIpc) is 2.24. The largest absolute Gasteiger partial charge is 0.490 e. The molecular weight excluding hydrogens is 200 g/mol. The van der Waals surface area contributed by atoms with Gasteiger partial charge < -0.3 is 10.5 Å². The lowest BCUT2D eigenvalue weighted by molar-refractivity contribution is 0.306. The number of halogens is 2. The van der Waals surface area contributed by atoms with Crippen LogP contribution in [0.5, 0.6) is 5.75 Å². The van der Waals surface area contributed by atoms with Crippen LogP contribution in [0.4, 0.5) is 8.78 Å². The maximum absolute atomic E-state index is 13.5. The summed E-state index contributed by atoms with van der Waals surface area (Å²) in [6.07, 6.45) is 2.80. The summed E-state index contributed by atoms with van der Waals surface area (Å²) in [5.74, 6) is -0.977. The van der Waals surface area contributed by atoms with E-state index in [1.807, 2.05) is 6.42 Å². The van der Waals surface area contributed by atoms with Crippen molar-refractivity contribution in [2.24, 2.45) is 5.73 Å². The van der Waals surface area contributed by atoms with Gasteiger partial charge in [-0.05, 0) is 24.9 Å². The summed E-state index contributed by atoms with van der Waals surface area (Å²) in [5.41, 5.74) is 6.47. The molecule has 0 saturated heterocycles. The Labute approximate surface area is 87.0 Å². The van der Waals surface area contributed by atoms with Gasteiger partial charge in [-0.2, -0.15) is 0 Å². The van der Waals surface area contributed by atoms with E-state index in [1.165, 1.54) is 0 Å². The van der Waals surface area contributed by atoms with Crippen molar-refractivity contribution in [1.82, 2.24) is 0 Å². The van der Waals surface area contributed by atoms with Crippen molar-refractivity contribution in [3.8, 4) is 5.75 Å². The normalized spacial score (nSPS) is 14.6. The van der Waals surface area contributed by atoms with E-state index in [0.717, 1.165) is 6.07 Å². The van der Waals surface area contributed by atoms with Crippen LogP contribution < -0.4 is 10.5 Å². The standard InChI is InChI=1S/C11H12F2NO/c12-9-6-10(13)11-8(2-1-5-15-11)7(9)3-4-14/h1,6H,2-5,14H2. The number of hydrogen-bond donors (Lipinski definition) is 1. The molecule has 81 valence electrons. The Bertz CT molecular complexity index is 379. The molecule has 0 saturated carbocycles. The molecule has 2 N–H and O–H groups in total. The van der Waals surface area contributed by atoms with Gasteiger partial charge in [0.15, 0.2) is 11.6 Å². The molecule has 0 amide bonds. The summed E-state index contributed by atoms with van der Waals surface area (Å²) in [6, 6.07) is 0.870. The second kappa shape index (κ2) is 4.14. The zero-order chi connectivity index (χ0) is 10.8. The van der Waals surface area contributed by atoms with Crippen molar-refractivity contribution in [3.05, 3.63) is 35.2 Å². The van der Waals surface area contributed by atoms with E-state index in [4.69, 9.17) is 10.5 Å². The van der Waals surface area contributed by atoms with Crippen molar-refractivity contribution in [2.75, 3.05) is 13.2 Å². The van der Waals surface area contributed by atoms with Crippen LogP contribution in [0.1, 0.15) is 11.1 Å². The van der Waals surface area contributed by atoms with Crippen molar-refractivity contribution in [3.63, 3.8) is 0 Å². The maximum atomic E-state index is 13.5. The van der Waals surface area contributed by atoms with Crippen LogP contribution in [0.3, 0.4) is 0 Å². The first-order valence-corrected chi connectivity index (χ1v) is 4.88. The summed E-state index contributed by atoms with van der Waals surface area (Å²) >= 11 is 0. The Kier molecular flexibility index (Phi) is 2.86. The van der Waals surface area contributed by atoms with Gasteiger partial charge in [-0.1, -0.05) is 0 Å². The Morgan fingerprint density at radius 1 is 1.33 bits per heavy atom. The molecule has 1 radical (unpaired) electrons. The van der Waals surface area contributed by atoms with Crippen LogP contribution in [-0.2, 0) is 12.8 Å². The van der Waals surface area contributed by atoms with E-state index in [2.05, 4.69) is 0 Å². The number of fused-ring (bicyclic) bond motifs is 1. The highest BCUT2D eigenvalue weighted by Gasteiger charge is 2.21. The molecule has 1 aliphatic rings. The van der Waals surface area contributed by atoms with Gasteiger partial charge >= 0.3 is 0 Å². The minimum atomic E-state index is -0.628. The quantitative estimate of drug-likeness (QED) is 0.808. The Morgan fingerprint density at radius 3 is 2.87 bits per heavy atom. The lowest BCUT2D eigenvalue weighted by atomic mass is 9.97. The van der Waals surface area contributed by atoms with Crippen molar-refractivity contribution in [2.45, 2.75) is 12.8 Å². The molecule has 2 rings (SSSR count). The molecule has 1 heterocycles. The van der Waals surface area contributed by atoms with Gasteiger partial charge in [-0.25, -0.2) is 8.78 Å². The summed E-state index contributed by atoms with van der Waals surface area (Å²) in [6.45, 7) is 0.715. The first-order chi connectivity index (χ1) is 7.24. The van der Waals surface area contributed by atoms with Crippen LogP contribution in [0.15, 0.2) is 6.07 Å². The zero-order valence-corrected chi connectivity index (χ0v) is 8.22. The van der Waals surface area contributed by atoms with Crippen LogP contribution in [0.25, 0.3) is 0 Å². The third kappa shape index (κ3) is 1.81. The third-order valence-corrected chi connectivity index (χ3v) is 2.49. The number of rotatable bonds is 2. The number of benzene rings is 1. The molecule has 2 nitrogen and oxygen atoms in total. The lowest BCUT2D eigenvalue weighted by Gasteiger charge is -2.21. The van der Waals surface area contributed by atoms with Gasteiger partial charge in [0.25, 0.3) is 0 Å². The fraction of sp³-hybridized carbons (Fsp3) is 0.364. The Hall–Kier alpha value is -1.16. The van der Waals surface area contributed by atoms with Crippen LogP contribution in [0, 0.1) is 18.1 Å². The van der Waals surface area contributed by atoms with Crippen molar-refractivity contribution in [1.29, 1.82) is 0 Å². The average molecular weight is 212 g/mol. The number of ether oxygens (including phenoxy) is 1. The minimum Gasteiger partial charge on any atom is -0.490 e. The minimum absolute atomic E-state index is 0.183. The lowest BCUT2D eigenvalue weighted by Crippen LogP contribution is -2.16. The molecule has 15 heavy (non-hydrogen) atoms. The van der Waals surface area contributed by atoms with E-state index >= 15 is 0 Å². The van der Waals surface area contributed by atoms with Crippen LogP contribution >= 0.6 is 0 Å². The topological polar surface area (TPSA) is 35.2 Å². The summed E-state index contributed by atoms with van der Waals surface area (Å²) in [5, 5.41) is 0. The van der Waals surface area contributed by atoms with Gasteiger partial charge in [0.2, 0.25) is 0 Å². The molecule has 1 aromatic carbocycles. The molecule has 0 unspecified atom stereocenters. The Balaban J connectivity index is 2.53. The SMILES string of the molecule is NCCc1c(F)cc(F)c2c1C[CH]CO2. The third-order valence-electron chi connectivity index (χ3n) is 2.49. The van der Waals surface area contributed by atoms with E-state index in [9.17, 15) is 8.78 Å². The smallest absolute Gasteiger partial charge is 0.168 e. The first-order valence-electron chi connectivity index (χ1n) is 4.88. The first kappa shape index (κ1) is 10.4. The predicted molar refractivity (Wildman–Crippen MR) is 52.6 cm³/mol. The number of nitrogens with two attached hydrogens (primary N) is 1. The van der Waals surface area contributed by atoms with Crippen LogP contribution in [0.2, 0.25) is 0 Å². The predicted octanol–water partition coefficient (Wildman–Crippen LogP) is 1.61. The van der Waals surface area contributed by atoms with Gasteiger partial charge in [-0.3, -0.25) is 0 Å². The molecule has 1 aromatic rings. The Morgan fingerprint density at radius 2 is 2.13 bits per heavy atom. The summed E-state index contributed by atoms with van der Waals surface area (Å²) in [4.78, 5) is 0. The highest BCUT2D eigenvalue weighted by atomic mass is 19.1. The number of hydrogen-bond acceptors (Lipinski definition) is 2. The van der Waals surface area contributed by atoms with E-state index in [0.29, 0.717) is 37.1 Å². The van der Waals surface area contributed by atoms with Gasteiger partial charge in [0.05, 0.1) is 6.61 Å². The second-order valence-corrected chi connectivity index (χ2v) is 3.47. The molecule has 0 fully saturated rings. The van der Waals surface area contributed by atoms with Gasteiger partial charge in [0.1, 0.15) is 5.82 Å². The second-order valence-electron chi connectivity index (χ2n) is 3.47. The highest BCUT2D eigenvalue weighted by Crippen LogP contribution is 2.32. The molecule has 0 bridgehead atoms. The van der Waals surface area contributed by atoms with Gasteiger partial charge in [0, 0.05) is 18.1 Å².